The van der Waals surface area contributed by atoms with Crippen molar-refractivity contribution in [3.8, 4) is 0 Å². The molecule has 0 atom stereocenters. The first kappa shape index (κ1) is 11.7. The number of carbonyl (C=O) groups excluding carboxylic acids is 1. The van der Waals surface area contributed by atoms with E-state index in [9.17, 15) is 4.79 Å². The van der Waals surface area contributed by atoms with Crippen LogP contribution >= 0.6 is 11.8 Å². The number of hydrogen-bond acceptors (Lipinski definition) is 4. The van der Waals surface area contributed by atoms with Gasteiger partial charge in [-0.2, -0.15) is 0 Å². The fourth-order valence-electron chi connectivity index (χ4n) is 1.35. The minimum atomic E-state index is -0.371. The van der Waals surface area contributed by atoms with E-state index >= 15 is 0 Å². The number of nitrogens with two attached hydrogens (primary N) is 1. The number of aromatic nitrogens is 3. The van der Waals surface area contributed by atoms with Crippen molar-refractivity contribution < 1.29 is 4.79 Å². The average Bonchev–Trinajstić information content (AvgIpc) is 2.75. The quantitative estimate of drug-likeness (QED) is 0.772. The van der Waals surface area contributed by atoms with Gasteiger partial charge in [0.2, 0.25) is 11.1 Å². The second-order valence-electron chi connectivity index (χ2n) is 3.48. The molecular formula is C11H12N4OS. The Kier molecular flexibility index (Phi) is 3.77. The maximum Gasteiger partial charge on any atom is 0.227 e. The first-order chi connectivity index (χ1) is 8.24. The second kappa shape index (κ2) is 5.49. The van der Waals surface area contributed by atoms with Gasteiger partial charge in [0.05, 0.1) is 5.75 Å². The molecule has 0 saturated carbocycles. The molecule has 0 aliphatic heterocycles. The van der Waals surface area contributed by atoms with Crippen LogP contribution in [0.5, 0.6) is 0 Å². The Hall–Kier alpha value is -1.82. The number of rotatable bonds is 5. The molecule has 0 bridgehead atoms. The van der Waals surface area contributed by atoms with Crippen molar-refractivity contribution in [2.24, 2.45) is 5.73 Å². The van der Waals surface area contributed by atoms with E-state index in [4.69, 9.17) is 5.73 Å². The zero-order valence-electron chi connectivity index (χ0n) is 9.09. The highest BCUT2D eigenvalue weighted by atomic mass is 32.2. The molecule has 1 aromatic heterocycles. The van der Waals surface area contributed by atoms with Crippen LogP contribution in [0.2, 0.25) is 0 Å². The van der Waals surface area contributed by atoms with E-state index in [1.165, 1.54) is 11.8 Å². The predicted molar refractivity (Wildman–Crippen MR) is 65.5 cm³/mol. The maximum atomic E-state index is 10.6. The zero-order chi connectivity index (χ0) is 12.1. The Morgan fingerprint density at radius 3 is 2.82 bits per heavy atom. The lowest BCUT2D eigenvalue weighted by Gasteiger charge is -1.95. The van der Waals surface area contributed by atoms with Crippen LogP contribution in [-0.2, 0) is 11.2 Å². The fourth-order valence-corrected chi connectivity index (χ4v) is 1.90. The van der Waals surface area contributed by atoms with Crippen LogP contribution in [0.1, 0.15) is 11.4 Å². The highest BCUT2D eigenvalue weighted by Crippen LogP contribution is 2.13. The summed E-state index contributed by atoms with van der Waals surface area (Å²) in [5, 5.41) is 7.40. The predicted octanol–water partition coefficient (Wildman–Crippen LogP) is 0.973. The molecular weight excluding hydrogens is 236 g/mol. The van der Waals surface area contributed by atoms with Crippen LogP contribution in [0.25, 0.3) is 0 Å². The number of aromatic amines is 1. The molecule has 6 heteroatoms. The summed E-state index contributed by atoms with van der Waals surface area (Å²) in [6.07, 6.45) is 0.699. The van der Waals surface area contributed by atoms with Crippen molar-refractivity contribution in [1.29, 1.82) is 0 Å². The van der Waals surface area contributed by atoms with Crippen molar-refractivity contribution in [3.05, 3.63) is 41.7 Å². The van der Waals surface area contributed by atoms with Crippen LogP contribution in [0.3, 0.4) is 0 Å². The Morgan fingerprint density at radius 1 is 1.35 bits per heavy atom. The number of nitrogens with one attached hydrogen (secondary N) is 1. The van der Waals surface area contributed by atoms with E-state index in [1.54, 1.807) is 0 Å². The number of hydrogen-bond donors (Lipinski definition) is 2. The van der Waals surface area contributed by atoms with E-state index in [-0.39, 0.29) is 11.7 Å². The summed E-state index contributed by atoms with van der Waals surface area (Å²) in [7, 11) is 0. The summed E-state index contributed by atoms with van der Waals surface area (Å²) in [6, 6.07) is 9.98. The van der Waals surface area contributed by atoms with Crippen molar-refractivity contribution >= 4 is 17.7 Å². The van der Waals surface area contributed by atoms with E-state index in [1.807, 2.05) is 30.3 Å². The van der Waals surface area contributed by atoms with Gasteiger partial charge in [-0.3, -0.25) is 9.89 Å². The third kappa shape index (κ3) is 3.60. The molecule has 1 heterocycles. The Bertz CT molecular complexity index is 497. The number of carbonyl (C=O) groups is 1. The Morgan fingerprint density at radius 2 is 2.12 bits per heavy atom. The summed E-state index contributed by atoms with van der Waals surface area (Å²) < 4.78 is 0. The highest BCUT2D eigenvalue weighted by Gasteiger charge is 2.05. The summed E-state index contributed by atoms with van der Waals surface area (Å²) in [5.41, 5.74) is 6.21. The molecule has 0 aliphatic rings. The van der Waals surface area contributed by atoms with Crippen LogP contribution < -0.4 is 5.73 Å². The number of H-pyrrole nitrogens is 1. The van der Waals surface area contributed by atoms with Gasteiger partial charge in [0, 0.05) is 6.42 Å². The van der Waals surface area contributed by atoms with Gasteiger partial charge in [-0.05, 0) is 5.56 Å². The SMILES string of the molecule is NC(=O)CSc1n[nH]c(Cc2ccccc2)n1. The molecule has 5 nitrogen and oxygen atoms in total. The number of amides is 1. The molecule has 1 amide bonds. The van der Waals surface area contributed by atoms with Crippen LogP contribution in [-0.4, -0.2) is 26.8 Å². The Balaban J connectivity index is 1.97. The molecule has 0 spiro atoms. The molecule has 1 aromatic carbocycles. The Labute approximate surface area is 103 Å². The number of thioether (sulfide) groups is 1. The van der Waals surface area contributed by atoms with Gasteiger partial charge in [0.25, 0.3) is 0 Å². The maximum absolute atomic E-state index is 10.6. The minimum Gasteiger partial charge on any atom is -0.369 e. The van der Waals surface area contributed by atoms with E-state index in [0.717, 1.165) is 11.4 Å². The molecule has 0 radical (unpaired) electrons. The van der Waals surface area contributed by atoms with Gasteiger partial charge in [0.15, 0.2) is 0 Å². The highest BCUT2D eigenvalue weighted by molar-refractivity contribution is 7.99. The largest absolute Gasteiger partial charge is 0.369 e. The average molecular weight is 248 g/mol. The van der Waals surface area contributed by atoms with Crippen molar-refractivity contribution in [3.63, 3.8) is 0 Å². The van der Waals surface area contributed by atoms with Crippen LogP contribution in [0.15, 0.2) is 35.5 Å². The van der Waals surface area contributed by atoms with Crippen molar-refractivity contribution in [1.82, 2.24) is 15.2 Å². The standard InChI is InChI=1S/C11H12N4OS/c12-9(16)7-17-11-13-10(14-15-11)6-8-4-2-1-3-5-8/h1-5H,6-7H2,(H2,12,16)(H,13,14,15). The van der Waals surface area contributed by atoms with Gasteiger partial charge in [-0.15, -0.1) is 5.10 Å². The smallest absolute Gasteiger partial charge is 0.227 e. The molecule has 0 saturated heterocycles. The van der Waals surface area contributed by atoms with Crippen LogP contribution in [0, 0.1) is 0 Å². The van der Waals surface area contributed by atoms with E-state index in [0.29, 0.717) is 11.6 Å². The molecule has 2 aromatic rings. The third-order valence-electron chi connectivity index (χ3n) is 2.07. The zero-order valence-corrected chi connectivity index (χ0v) is 9.91. The molecule has 0 unspecified atom stereocenters. The lowest BCUT2D eigenvalue weighted by atomic mass is 10.1. The summed E-state index contributed by atoms with van der Waals surface area (Å²) >= 11 is 1.23. The molecule has 88 valence electrons. The van der Waals surface area contributed by atoms with Crippen LogP contribution in [0.4, 0.5) is 0 Å². The molecule has 3 N–H and O–H groups in total. The van der Waals surface area contributed by atoms with Crippen molar-refractivity contribution in [2.45, 2.75) is 11.6 Å². The molecule has 2 rings (SSSR count). The summed E-state index contributed by atoms with van der Waals surface area (Å²) in [4.78, 5) is 14.9. The van der Waals surface area contributed by atoms with Gasteiger partial charge >= 0.3 is 0 Å². The molecule has 0 aliphatic carbocycles. The summed E-state index contributed by atoms with van der Waals surface area (Å²) in [6.45, 7) is 0. The van der Waals surface area contributed by atoms with E-state index < -0.39 is 0 Å². The van der Waals surface area contributed by atoms with Gasteiger partial charge in [0.1, 0.15) is 5.82 Å². The normalized spacial score (nSPS) is 10.4. The van der Waals surface area contributed by atoms with Gasteiger partial charge in [-0.25, -0.2) is 4.98 Å². The monoisotopic (exact) mass is 248 g/mol. The minimum absolute atomic E-state index is 0.197. The van der Waals surface area contributed by atoms with Gasteiger partial charge < -0.3 is 5.73 Å². The van der Waals surface area contributed by atoms with E-state index in [2.05, 4.69) is 15.2 Å². The topological polar surface area (TPSA) is 84.7 Å². The first-order valence-electron chi connectivity index (χ1n) is 5.10. The number of primary amides is 1. The number of benzene rings is 1. The fraction of sp³-hybridized carbons (Fsp3) is 0.182. The first-order valence-corrected chi connectivity index (χ1v) is 6.09. The molecule has 17 heavy (non-hydrogen) atoms. The lowest BCUT2D eigenvalue weighted by Crippen LogP contribution is -2.13. The van der Waals surface area contributed by atoms with Crippen molar-refractivity contribution in [2.75, 3.05) is 5.75 Å². The third-order valence-corrected chi connectivity index (χ3v) is 2.94. The summed E-state index contributed by atoms with van der Waals surface area (Å²) in [5.74, 6) is 0.607. The van der Waals surface area contributed by atoms with Gasteiger partial charge in [-0.1, -0.05) is 42.1 Å². The number of nitrogens with zero attached hydrogens (tertiary/aromatic N) is 2. The second-order valence-corrected chi connectivity index (χ2v) is 4.42. The lowest BCUT2D eigenvalue weighted by molar-refractivity contribution is -0.115. The molecule has 0 fully saturated rings.